The van der Waals surface area contributed by atoms with Crippen molar-refractivity contribution in [2.75, 3.05) is 0 Å². The zero-order valence-electron chi connectivity index (χ0n) is 19.4. The Morgan fingerprint density at radius 1 is 0.833 bits per heavy atom. The Bertz CT molecular complexity index is 1540. The van der Waals surface area contributed by atoms with Gasteiger partial charge in [-0.15, -0.1) is 0 Å². The van der Waals surface area contributed by atoms with E-state index in [0.29, 0.717) is 22.2 Å². The highest BCUT2D eigenvalue weighted by molar-refractivity contribution is 6.36. The lowest BCUT2D eigenvalue weighted by Gasteiger charge is -2.13. The number of hydrogen-bond donors (Lipinski definition) is 1. The van der Waals surface area contributed by atoms with E-state index in [9.17, 15) is 4.79 Å². The third kappa shape index (κ3) is 5.06. The molecule has 0 saturated carbocycles. The van der Waals surface area contributed by atoms with Crippen LogP contribution in [0, 0.1) is 0 Å². The summed E-state index contributed by atoms with van der Waals surface area (Å²) < 4.78 is 2.23. The summed E-state index contributed by atoms with van der Waals surface area (Å²) in [5, 5.41) is 6.25. The first kappa shape index (κ1) is 23.9. The number of aromatic nitrogens is 1. The molecule has 5 aromatic rings. The molecule has 36 heavy (non-hydrogen) atoms. The van der Waals surface area contributed by atoms with E-state index in [1.54, 1.807) is 18.2 Å². The van der Waals surface area contributed by atoms with E-state index >= 15 is 0 Å². The molecule has 178 valence electrons. The molecule has 0 saturated heterocycles. The summed E-state index contributed by atoms with van der Waals surface area (Å²) in [6, 6.07) is 34.1. The molecular formula is C30H23Cl2N3O. The average Bonchev–Trinajstić information content (AvgIpc) is 3.24. The molecule has 0 aliphatic rings. The summed E-state index contributed by atoms with van der Waals surface area (Å²) in [7, 11) is 0. The van der Waals surface area contributed by atoms with Crippen molar-refractivity contribution in [2.45, 2.75) is 13.0 Å². The van der Waals surface area contributed by atoms with Crippen molar-refractivity contribution in [1.82, 2.24) is 9.99 Å². The molecule has 0 spiro atoms. The van der Waals surface area contributed by atoms with Crippen molar-refractivity contribution in [2.24, 2.45) is 5.10 Å². The molecule has 0 radical (unpaired) electrons. The molecule has 0 atom stereocenters. The van der Waals surface area contributed by atoms with Crippen LogP contribution in [0.2, 0.25) is 10.0 Å². The molecule has 0 fully saturated rings. The lowest BCUT2D eigenvalue weighted by molar-refractivity contribution is -0.121. The minimum atomic E-state index is -0.186. The van der Waals surface area contributed by atoms with Crippen LogP contribution in [0.1, 0.15) is 12.0 Å². The van der Waals surface area contributed by atoms with Crippen LogP contribution in [0.4, 0.5) is 0 Å². The first-order valence-corrected chi connectivity index (χ1v) is 12.4. The van der Waals surface area contributed by atoms with Gasteiger partial charge >= 0.3 is 0 Å². The van der Waals surface area contributed by atoms with Crippen LogP contribution in [0.3, 0.4) is 0 Å². The highest BCUT2D eigenvalue weighted by Gasteiger charge is 2.20. The standard InChI is InChI=1S/C30H23Cl2N3O/c31-24-16-15-23(26(32)19-24)20-33-34-28(36)17-18-35-27-14-8-7-13-25(27)29(21-9-3-1-4-10-21)30(35)22-11-5-2-6-12-22/h1-16,19-20H,17-18H2,(H,34,36). The Morgan fingerprint density at radius 3 is 2.22 bits per heavy atom. The number of amides is 1. The molecule has 5 rings (SSSR count). The number of fused-ring (bicyclic) bond motifs is 1. The average molecular weight is 512 g/mol. The maximum atomic E-state index is 12.7. The van der Waals surface area contributed by atoms with E-state index in [-0.39, 0.29) is 12.3 Å². The van der Waals surface area contributed by atoms with Crippen molar-refractivity contribution < 1.29 is 4.79 Å². The van der Waals surface area contributed by atoms with Crippen LogP contribution in [-0.4, -0.2) is 16.7 Å². The predicted octanol–water partition coefficient (Wildman–Crippen LogP) is 7.82. The van der Waals surface area contributed by atoms with Gasteiger partial charge in [0, 0.05) is 40.0 Å². The monoisotopic (exact) mass is 511 g/mol. The zero-order valence-corrected chi connectivity index (χ0v) is 20.9. The van der Waals surface area contributed by atoms with E-state index in [2.05, 4.69) is 69.7 Å². The molecule has 0 aliphatic carbocycles. The number of benzene rings is 4. The summed E-state index contributed by atoms with van der Waals surface area (Å²) >= 11 is 12.1. The number of hydrazone groups is 1. The second kappa shape index (κ2) is 10.8. The van der Waals surface area contributed by atoms with E-state index in [0.717, 1.165) is 33.3 Å². The van der Waals surface area contributed by atoms with Gasteiger partial charge in [0.05, 0.1) is 16.9 Å². The molecule has 1 amide bonds. The molecule has 1 N–H and O–H groups in total. The smallest absolute Gasteiger partial charge is 0.241 e. The SMILES string of the molecule is O=C(CCn1c(-c2ccccc2)c(-c2ccccc2)c2ccccc21)NN=Cc1ccc(Cl)cc1Cl. The van der Waals surface area contributed by atoms with Crippen LogP contribution in [0.5, 0.6) is 0 Å². The van der Waals surface area contributed by atoms with Crippen molar-refractivity contribution in [1.29, 1.82) is 0 Å². The van der Waals surface area contributed by atoms with Crippen LogP contribution in [0.15, 0.2) is 108 Å². The number of para-hydroxylation sites is 1. The van der Waals surface area contributed by atoms with E-state index in [4.69, 9.17) is 23.2 Å². The van der Waals surface area contributed by atoms with Gasteiger partial charge in [-0.2, -0.15) is 5.10 Å². The molecule has 1 aromatic heterocycles. The molecule has 0 aliphatic heterocycles. The van der Waals surface area contributed by atoms with Crippen molar-refractivity contribution in [3.05, 3.63) is 119 Å². The first-order valence-electron chi connectivity index (χ1n) is 11.6. The van der Waals surface area contributed by atoms with Gasteiger partial charge in [-0.3, -0.25) is 4.79 Å². The molecule has 0 bridgehead atoms. The summed E-state index contributed by atoms with van der Waals surface area (Å²) in [6.45, 7) is 0.501. The Labute approximate surface area is 219 Å². The van der Waals surface area contributed by atoms with Crippen LogP contribution in [0.25, 0.3) is 33.3 Å². The van der Waals surface area contributed by atoms with Gasteiger partial charge in [-0.25, -0.2) is 5.43 Å². The topological polar surface area (TPSA) is 46.4 Å². The van der Waals surface area contributed by atoms with Gasteiger partial charge in [-0.1, -0.05) is 108 Å². The fourth-order valence-electron chi connectivity index (χ4n) is 4.38. The third-order valence-corrected chi connectivity index (χ3v) is 6.56. The normalized spacial score (nSPS) is 11.3. The minimum absolute atomic E-state index is 0.186. The van der Waals surface area contributed by atoms with Gasteiger partial charge in [0.1, 0.15) is 0 Å². The second-order valence-electron chi connectivity index (χ2n) is 8.33. The highest BCUT2D eigenvalue weighted by atomic mass is 35.5. The van der Waals surface area contributed by atoms with Gasteiger partial charge in [0.25, 0.3) is 0 Å². The van der Waals surface area contributed by atoms with E-state index in [1.165, 1.54) is 6.21 Å². The molecule has 0 unspecified atom stereocenters. The van der Waals surface area contributed by atoms with Crippen LogP contribution < -0.4 is 5.43 Å². The predicted molar refractivity (Wildman–Crippen MR) is 150 cm³/mol. The number of carbonyl (C=O) groups is 1. The number of rotatable bonds is 7. The molecular weight excluding hydrogens is 489 g/mol. The van der Waals surface area contributed by atoms with Gasteiger partial charge in [0.15, 0.2) is 0 Å². The van der Waals surface area contributed by atoms with Crippen LogP contribution >= 0.6 is 23.2 Å². The number of halogens is 2. The summed E-state index contributed by atoms with van der Waals surface area (Å²) in [4.78, 5) is 12.7. The largest absolute Gasteiger partial charge is 0.339 e. The molecule has 1 heterocycles. The first-order chi connectivity index (χ1) is 17.6. The summed E-state index contributed by atoms with van der Waals surface area (Å²) in [6.07, 6.45) is 1.78. The zero-order chi connectivity index (χ0) is 24.9. The Hall–Kier alpha value is -3.86. The number of hydrogen-bond acceptors (Lipinski definition) is 2. The Kier molecular flexibility index (Phi) is 7.17. The maximum Gasteiger partial charge on any atom is 0.241 e. The summed E-state index contributed by atoms with van der Waals surface area (Å²) in [5.74, 6) is -0.186. The Balaban J connectivity index is 1.46. The quantitative estimate of drug-likeness (QED) is 0.175. The molecule has 4 nitrogen and oxygen atoms in total. The number of carbonyl (C=O) groups excluding carboxylic acids is 1. The van der Waals surface area contributed by atoms with E-state index < -0.39 is 0 Å². The van der Waals surface area contributed by atoms with Crippen molar-refractivity contribution in [3.8, 4) is 22.4 Å². The lowest BCUT2D eigenvalue weighted by Crippen LogP contribution is -2.19. The van der Waals surface area contributed by atoms with Gasteiger partial charge in [0.2, 0.25) is 5.91 Å². The summed E-state index contributed by atoms with van der Waals surface area (Å²) in [5.41, 5.74) is 8.86. The number of nitrogens with one attached hydrogen (secondary N) is 1. The van der Waals surface area contributed by atoms with E-state index in [1.807, 2.05) is 30.3 Å². The van der Waals surface area contributed by atoms with Crippen LogP contribution in [-0.2, 0) is 11.3 Å². The minimum Gasteiger partial charge on any atom is -0.339 e. The number of nitrogens with zero attached hydrogens (tertiary/aromatic N) is 2. The lowest BCUT2D eigenvalue weighted by atomic mass is 9.98. The second-order valence-corrected chi connectivity index (χ2v) is 9.18. The van der Waals surface area contributed by atoms with Crippen molar-refractivity contribution in [3.63, 3.8) is 0 Å². The van der Waals surface area contributed by atoms with Crippen molar-refractivity contribution >= 4 is 46.2 Å². The fraction of sp³-hybridized carbons (Fsp3) is 0.0667. The molecule has 6 heteroatoms. The number of aryl methyl sites for hydroxylation is 1. The third-order valence-electron chi connectivity index (χ3n) is 6.00. The fourth-order valence-corrected chi connectivity index (χ4v) is 4.84. The molecule has 4 aromatic carbocycles. The maximum absolute atomic E-state index is 12.7. The van der Waals surface area contributed by atoms with Gasteiger partial charge in [-0.05, 0) is 29.3 Å². The Morgan fingerprint density at radius 2 is 1.50 bits per heavy atom. The highest BCUT2D eigenvalue weighted by Crippen LogP contribution is 2.40. The van der Waals surface area contributed by atoms with Gasteiger partial charge < -0.3 is 4.57 Å².